The summed E-state index contributed by atoms with van der Waals surface area (Å²) in [6.45, 7) is 0.887. The number of benzene rings is 1. The smallest absolute Gasteiger partial charge is 0.414 e. The highest BCUT2D eigenvalue weighted by Crippen LogP contribution is 2.06. The first kappa shape index (κ1) is 11.5. The van der Waals surface area contributed by atoms with Gasteiger partial charge in [-0.25, -0.2) is 4.79 Å². The Labute approximate surface area is 101 Å². The fourth-order valence-corrected chi connectivity index (χ4v) is 1.55. The van der Waals surface area contributed by atoms with Gasteiger partial charge in [0.05, 0.1) is 0 Å². The average molecular weight is 229 g/mol. The Hall–Kier alpha value is -2.03. The molecule has 17 heavy (non-hydrogen) atoms. The van der Waals surface area contributed by atoms with E-state index in [0.29, 0.717) is 13.2 Å². The summed E-state index contributed by atoms with van der Waals surface area (Å²) in [5, 5.41) is 0. The quantitative estimate of drug-likeness (QED) is 0.729. The number of allylic oxidation sites excluding steroid dienone is 2. The molecule has 88 valence electrons. The molecule has 0 aromatic heterocycles. The van der Waals surface area contributed by atoms with Gasteiger partial charge in [0, 0.05) is 12.7 Å². The maximum atomic E-state index is 11.7. The fourth-order valence-electron chi connectivity index (χ4n) is 1.55. The lowest BCUT2D eigenvalue weighted by atomic mass is 10.2. The van der Waals surface area contributed by atoms with Crippen LogP contribution in [0.2, 0.25) is 0 Å². The molecule has 0 atom stereocenters. The highest BCUT2D eigenvalue weighted by atomic mass is 16.6. The number of nitrogens with zero attached hydrogens (tertiary/aromatic N) is 1. The molecule has 1 heterocycles. The second kappa shape index (κ2) is 5.89. The molecule has 3 nitrogen and oxygen atoms in total. The minimum atomic E-state index is -0.309. The molecule has 0 saturated carbocycles. The van der Waals surface area contributed by atoms with Gasteiger partial charge in [-0.1, -0.05) is 48.6 Å². The average Bonchev–Trinajstić information content (AvgIpc) is 2.66. The van der Waals surface area contributed by atoms with Crippen molar-refractivity contribution < 1.29 is 9.53 Å². The van der Waals surface area contributed by atoms with Gasteiger partial charge in [0.25, 0.3) is 0 Å². The molecule has 0 bridgehead atoms. The molecule has 2 rings (SSSR count). The molecule has 0 aliphatic carbocycles. The molecule has 1 aliphatic heterocycles. The van der Waals surface area contributed by atoms with Crippen LogP contribution in [-0.2, 0) is 11.3 Å². The summed E-state index contributed by atoms with van der Waals surface area (Å²) in [7, 11) is 0. The van der Waals surface area contributed by atoms with Crippen LogP contribution >= 0.6 is 0 Å². The zero-order valence-electron chi connectivity index (χ0n) is 9.58. The predicted molar refractivity (Wildman–Crippen MR) is 66.2 cm³/mol. The first-order valence-corrected chi connectivity index (χ1v) is 5.65. The van der Waals surface area contributed by atoms with Crippen LogP contribution in [0.4, 0.5) is 4.79 Å². The molecule has 0 fully saturated rings. The van der Waals surface area contributed by atoms with Crippen molar-refractivity contribution in [2.24, 2.45) is 0 Å². The van der Waals surface area contributed by atoms with Crippen molar-refractivity contribution in [3.8, 4) is 0 Å². The van der Waals surface area contributed by atoms with Crippen LogP contribution in [-0.4, -0.2) is 17.5 Å². The Bertz CT molecular complexity index is 423. The van der Waals surface area contributed by atoms with Crippen molar-refractivity contribution in [1.29, 1.82) is 0 Å². The van der Waals surface area contributed by atoms with E-state index in [4.69, 9.17) is 4.74 Å². The van der Waals surface area contributed by atoms with Gasteiger partial charge in [0.2, 0.25) is 0 Å². The van der Waals surface area contributed by atoms with Crippen molar-refractivity contribution in [3.63, 3.8) is 0 Å². The van der Waals surface area contributed by atoms with Gasteiger partial charge in [-0.3, -0.25) is 4.90 Å². The summed E-state index contributed by atoms with van der Waals surface area (Å²) in [5.41, 5.74) is 0.996. The zero-order valence-corrected chi connectivity index (χ0v) is 9.58. The van der Waals surface area contributed by atoms with E-state index in [2.05, 4.69) is 0 Å². The molecule has 0 spiro atoms. The SMILES string of the molecule is O=C(OCc1ccccc1)N1C=CCC=CC1. The lowest BCUT2D eigenvalue weighted by Crippen LogP contribution is -2.26. The molecule has 1 amide bonds. The van der Waals surface area contributed by atoms with Crippen molar-refractivity contribution >= 4 is 6.09 Å². The number of amides is 1. The van der Waals surface area contributed by atoms with E-state index in [-0.39, 0.29) is 6.09 Å². The molecule has 0 unspecified atom stereocenters. The number of hydrogen-bond acceptors (Lipinski definition) is 2. The third kappa shape index (κ3) is 3.48. The van der Waals surface area contributed by atoms with Crippen LogP contribution in [0.15, 0.2) is 54.8 Å². The van der Waals surface area contributed by atoms with E-state index in [9.17, 15) is 4.79 Å². The molecule has 0 N–H and O–H groups in total. The Morgan fingerprint density at radius 3 is 2.82 bits per heavy atom. The minimum absolute atomic E-state index is 0.309. The summed E-state index contributed by atoms with van der Waals surface area (Å²) in [4.78, 5) is 13.3. The van der Waals surface area contributed by atoms with Crippen LogP contribution in [0.1, 0.15) is 12.0 Å². The summed E-state index contributed by atoms with van der Waals surface area (Å²) in [6.07, 6.45) is 8.25. The maximum absolute atomic E-state index is 11.7. The van der Waals surface area contributed by atoms with Crippen molar-refractivity contribution in [2.45, 2.75) is 13.0 Å². The van der Waals surface area contributed by atoms with Gasteiger partial charge in [-0.2, -0.15) is 0 Å². The van der Waals surface area contributed by atoms with Gasteiger partial charge in [0.1, 0.15) is 6.61 Å². The van der Waals surface area contributed by atoms with Gasteiger partial charge in [-0.15, -0.1) is 0 Å². The minimum Gasteiger partial charge on any atom is -0.444 e. The third-order valence-electron chi connectivity index (χ3n) is 2.47. The van der Waals surface area contributed by atoms with Gasteiger partial charge < -0.3 is 4.74 Å². The van der Waals surface area contributed by atoms with Crippen LogP contribution < -0.4 is 0 Å². The molecule has 0 radical (unpaired) electrons. The molecule has 1 aromatic carbocycles. The first-order valence-electron chi connectivity index (χ1n) is 5.65. The Kier molecular flexibility index (Phi) is 3.97. The van der Waals surface area contributed by atoms with E-state index in [1.54, 1.807) is 11.1 Å². The van der Waals surface area contributed by atoms with Gasteiger partial charge in [0.15, 0.2) is 0 Å². The van der Waals surface area contributed by atoms with E-state index in [1.807, 2.05) is 48.6 Å². The van der Waals surface area contributed by atoms with Crippen LogP contribution in [0.3, 0.4) is 0 Å². The predicted octanol–water partition coefficient (Wildman–Crippen LogP) is 3.10. The van der Waals surface area contributed by atoms with Gasteiger partial charge >= 0.3 is 6.09 Å². The summed E-state index contributed by atoms with van der Waals surface area (Å²) in [5.74, 6) is 0. The maximum Gasteiger partial charge on any atom is 0.414 e. The lowest BCUT2D eigenvalue weighted by molar-refractivity contribution is 0.113. The van der Waals surface area contributed by atoms with E-state index < -0.39 is 0 Å². The molecule has 1 aliphatic rings. The zero-order chi connectivity index (χ0) is 11.9. The van der Waals surface area contributed by atoms with Crippen molar-refractivity contribution in [3.05, 3.63) is 60.3 Å². The summed E-state index contributed by atoms with van der Waals surface area (Å²) in [6, 6.07) is 9.67. The Morgan fingerprint density at radius 2 is 2.00 bits per heavy atom. The first-order chi connectivity index (χ1) is 8.36. The van der Waals surface area contributed by atoms with E-state index in [0.717, 1.165) is 12.0 Å². The number of rotatable bonds is 2. The fraction of sp³-hybridized carbons (Fsp3) is 0.214. The largest absolute Gasteiger partial charge is 0.444 e. The standard InChI is InChI=1S/C14H15NO2/c16-14(15-10-6-1-2-7-11-15)17-12-13-8-4-3-5-9-13/h1,3-9,11H,2,10,12H2. The van der Waals surface area contributed by atoms with E-state index >= 15 is 0 Å². The van der Waals surface area contributed by atoms with Crippen LogP contribution in [0.5, 0.6) is 0 Å². The second-order valence-electron chi connectivity index (χ2n) is 3.78. The lowest BCUT2D eigenvalue weighted by Gasteiger charge is -2.15. The highest BCUT2D eigenvalue weighted by molar-refractivity contribution is 5.69. The van der Waals surface area contributed by atoms with Gasteiger partial charge in [-0.05, 0) is 12.0 Å². The number of carbonyl (C=O) groups excluding carboxylic acids is 1. The van der Waals surface area contributed by atoms with E-state index in [1.165, 1.54) is 0 Å². The number of ether oxygens (including phenoxy) is 1. The van der Waals surface area contributed by atoms with Crippen molar-refractivity contribution in [2.75, 3.05) is 6.54 Å². The molecule has 0 saturated heterocycles. The Morgan fingerprint density at radius 1 is 1.18 bits per heavy atom. The summed E-state index contributed by atoms with van der Waals surface area (Å²) < 4.78 is 5.22. The van der Waals surface area contributed by atoms with Crippen LogP contribution in [0.25, 0.3) is 0 Å². The Balaban J connectivity index is 1.87. The number of hydrogen-bond donors (Lipinski definition) is 0. The third-order valence-corrected chi connectivity index (χ3v) is 2.47. The summed E-state index contributed by atoms with van der Waals surface area (Å²) >= 11 is 0. The number of carbonyl (C=O) groups is 1. The monoisotopic (exact) mass is 229 g/mol. The van der Waals surface area contributed by atoms with Crippen molar-refractivity contribution in [1.82, 2.24) is 4.90 Å². The normalized spacial score (nSPS) is 14.5. The molecule has 1 aromatic rings. The van der Waals surface area contributed by atoms with Crippen LogP contribution in [0, 0.1) is 0 Å². The second-order valence-corrected chi connectivity index (χ2v) is 3.78. The molecular weight excluding hydrogens is 214 g/mol. The molecule has 3 heteroatoms. The highest BCUT2D eigenvalue weighted by Gasteiger charge is 2.11. The topological polar surface area (TPSA) is 29.5 Å². The molecular formula is C14H15NO2.